The minimum Gasteiger partial charge on any atom is -0.397 e. The van der Waals surface area contributed by atoms with Crippen LogP contribution < -0.4 is 5.73 Å². The molecule has 0 aliphatic heterocycles. The predicted molar refractivity (Wildman–Crippen MR) is 67.8 cm³/mol. The number of rotatable bonds is 3. The Morgan fingerprint density at radius 3 is 2.94 bits per heavy atom. The molecule has 0 aliphatic carbocycles. The maximum atomic E-state index is 12.2. The molecular formula is C12H15N5O. The van der Waals surface area contributed by atoms with Gasteiger partial charge in [0.15, 0.2) is 0 Å². The summed E-state index contributed by atoms with van der Waals surface area (Å²) in [6.07, 6.45) is 4.92. The molecule has 0 spiro atoms. The minimum atomic E-state index is -0.122. The highest BCUT2D eigenvalue weighted by Gasteiger charge is 2.16. The van der Waals surface area contributed by atoms with Crippen molar-refractivity contribution < 1.29 is 4.79 Å². The molecule has 2 aromatic rings. The Kier molecular flexibility index (Phi) is 3.27. The Morgan fingerprint density at radius 1 is 1.50 bits per heavy atom. The maximum absolute atomic E-state index is 12.2. The standard InChI is InChI=1S/C12H15N5O/c1-8-10(5-9(13)6-16-8)12(18)17(2)7-11-14-3-4-15-11/h3-6H,7,13H2,1-2H3,(H,14,15). The molecule has 0 saturated carbocycles. The van der Waals surface area contributed by atoms with Crippen molar-refractivity contribution in [1.82, 2.24) is 19.9 Å². The van der Waals surface area contributed by atoms with Crippen LogP contribution >= 0.6 is 0 Å². The van der Waals surface area contributed by atoms with Crippen LogP contribution in [0.4, 0.5) is 5.69 Å². The number of anilines is 1. The molecule has 18 heavy (non-hydrogen) atoms. The number of imidazole rings is 1. The third kappa shape index (κ3) is 2.48. The smallest absolute Gasteiger partial charge is 0.255 e. The fourth-order valence-electron chi connectivity index (χ4n) is 1.65. The quantitative estimate of drug-likeness (QED) is 0.843. The number of nitrogens with two attached hydrogens (primary N) is 1. The number of hydrogen-bond acceptors (Lipinski definition) is 4. The zero-order chi connectivity index (χ0) is 13.1. The van der Waals surface area contributed by atoms with E-state index in [2.05, 4.69) is 15.0 Å². The first-order valence-electron chi connectivity index (χ1n) is 5.54. The third-order valence-electron chi connectivity index (χ3n) is 2.63. The molecule has 2 rings (SSSR count). The molecule has 0 aliphatic rings. The van der Waals surface area contributed by atoms with Crippen LogP contribution in [0.15, 0.2) is 24.7 Å². The molecule has 6 heteroatoms. The van der Waals surface area contributed by atoms with E-state index < -0.39 is 0 Å². The molecule has 0 saturated heterocycles. The summed E-state index contributed by atoms with van der Waals surface area (Å²) < 4.78 is 0. The number of aromatic amines is 1. The van der Waals surface area contributed by atoms with Gasteiger partial charge in [-0.15, -0.1) is 0 Å². The van der Waals surface area contributed by atoms with Gasteiger partial charge in [-0.25, -0.2) is 4.98 Å². The van der Waals surface area contributed by atoms with Crippen LogP contribution in [0.1, 0.15) is 21.9 Å². The van der Waals surface area contributed by atoms with E-state index in [9.17, 15) is 4.79 Å². The van der Waals surface area contributed by atoms with Crippen molar-refractivity contribution in [2.24, 2.45) is 0 Å². The van der Waals surface area contributed by atoms with Crippen LogP contribution in [0.3, 0.4) is 0 Å². The Hall–Kier alpha value is -2.37. The first-order valence-corrected chi connectivity index (χ1v) is 5.54. The first-order chi connectivity index (χ1) is 8.58. The topological polar surface area (TPSA) is 87.9 Å². The third-order valence-corrected chi connectivity index (χ3v) is 2.63. The number of amides is 1. The number of carbonyl (C=O) groups excluding carboxylic acids is 1. The van der Waals surface area contributed by atoms with Gasteiger partial charge in [0.05, 0.1) is 29.7 Å². The van der Waals surface area contributed by atoms with E-state index in [1.54, 1.807) is 43.5 Å². The average molecular weight is 245 g/mol. The van der Waals surface area contributed by atoms with Crippen molar-refractivity contribution in [3.63, 3.8) is 0 Å². The van der Waals surface area contributed by atoms with Gasteiger partial charge in [0, 0.05) is 19.4 Å². The van der Waals surface area contributed by atoms with Crippen LogP contribution in [0.25, 0.3) is 0 Å². The van der Waals surface area contributed by atoms with Crippen LogP contribution in [0.2, 0.25) is 0 Å². The summed E-state index contributed by atoms with van der Waals surface area (Å²) in [6, 6.07) is 1.64. The number of hydrogen-bond donors (Lipinski definition) is 2. The molecule has 2 aromatic heterocycles. The van der Waals surface area contributed by atoms with Crippen LogP contribution in [0, 0.1) is 6.92 Å². The Balaban J connectivity index is 2.17. The second-order valence-corrected chi connectivity index (χ2v) is 4.10. The molecular weight excluding hydrogens is 230 g/mol. The molecule has 0 aromatic carbocycles. The van der Waals surface area contributed by atoms with Crippen molar-refractivity contribution in [1.29, 1.82) is 0 Å². The number of H-pyrrole nitrogens is 1. The summed E-state index contributed by atoms with van der Waals surface area (Å²) in [6.45, 7) is 2.20. The van der Waals surface area contributed by atoms with Gasteiger partial charge in [-0.3, -0.25) is 9.78 Å². The fourth-order valence-corrected chi connectivity index (χ4v) is 1.65. The van der Waals surface area contributed by atoms with E-state index in [1.807, 2.05) is 0 Å². The zero-order valence-electron chi connectivity index (χ0n) is 10.3. The number of pyridine rings is 1. The molecule has 2 heterocycles. The molecule has 0 atom stereocenters. The lowest BCUT2D eigenvalue weighted by molar-refractivity contribution is 0.0780. The Bertz CT molecular complexity index is 550. The van der Waals surface area contributed by atoms with Crippen molar-refractivity contribution in [3.8, 4) is 0 Å². The molecule has 94 valence electrons. The average Bonchev–Trinajstić information content (AvgIpc) is 2.84. The van der Waals surface area contributed by atoms with Gasteiger partial charge in [-0.2, -0.15) is 0 Å². The highest BCUT2D eigenvalue weighted by atomic mass is 16.2. The minimum absolute atomic E-state index is 0.122. The van der Waals surface area contributed by atoms with Crippen LogP contribution in [0.5, 0.6) is 0 Å². The molecule has 6 nitrogen and oxygen atoms in total. The molecule has 0 bridgehead atoms. The van der Waals surface area contributed by atoms with Crippen molar-refractivity contribution in [3.05, 3.63) is 41.7 Å². The highest BCUT2D eigenvalue weighted by Crippen LogP contribution is 2.12. The number of nitrogens with zero attached hydrogens (tertiary/aromatic N) is 3. The van der Waals surface area contributed by atoms with Crippen molar-refractivity contribution >= 4 is 11.6 Å². The molecule has 0 fully saturated rings. The lowest BCUT2D eigenvalue weighted by Crippen LogP contribution is -2.27. The number of nitrogens with one attached hydrogen (secondary N) is 1. The lowest BCUT2D eigenvalue weighted by atomic mass is 10.1. The number of aromatic nitrogens is 3. The van der Waals surface area contributed by atoms with Crippen LogP contribution in [-0.2, 0) is 6.54 Å². The Morgan fingerprint density at radius 2 is 2.28 bits per heavy atom. The molecule has 0 unspecified atom stereocenters. The fraction of sp³-hybridized carbons (Fsp3) is 0.250. The van der Waals surface area contributed by atoms with Gasteiger partial charge in [0.1, 0.15) is 5.82 Å². The van der Waals surface area contributed by atoms with E-state index >= 15 is 0 Å². The zero-order valence-corrected chi connectivity index (χ0v) is 10.3. The van der Waals surface area contributed by atoms with E-state index in [0.717, 1.165) is 5.82 Å². The number of nitrogen functional groups attached to an aromatic ring is 1. The normalized spacial score (nSPS) is 10.3. The number of aryl methyl sites for hydroxylation is 1. The lowest BCUT2D eigenvalue weighted by Gasteiger charge is -2.17. The number of carbonyl (C=O) groups is 1. The predicted octanol–water partition coefficient (Wildman–Crippen LogP) is 0.968. The van der Waals surface area contributed by atoms with E-state index in [0.29, 0.717) is 23.5 Å². The van der Waals surface area contributed by atoms with Gasteiger partial charge in [-0.05, 0) is 13.0 Å². The van der Waals surface area contributed by atoms with Crippen molar-refractivity contribution in [2.45, 2.75) is 13.5 Å². The summed E-state index contributed by atoms with van der Waals surface area (Å²) in [5.41, 5.74) is 7.32. The van der Waals surface area contributed by atoms with Gasteiger partial charge < -0.3 is 15.6 Å². The van der Waals surface area contributed by atoms with Crippen molar-refractivity contribution in [2.75, 3.05) is 12.8 Å². The van der Waals surface area contributed by atoms with E-state index in [4.69, 9.17) is 5.73 Å². The SMILES string of the molecule is Cc1ncc(N)cc1C(=O)N(C)Cc1ncc[nH]1. The maximum Gasteiger partial charge on any atom is 0.255 e. The molecule has 0 radical (unpaired) electrons. The first kappa shape index (κ1) is 12.1. The molecule has 3 N–H and O–H groups in total. The highest BCUT2D eigenvalue weighted by molar-refractivity contribution is 5.95. The second kappa shape index (κ2) is 4.87. The summed E-state index contributed by atoms with van der Waals surface area (Å²) >= 11 is 0. The van der Waals surface area contributed by atoms with Gasteiger partial charge in [0.2, 0.25) is 0 Å². The van der Waals surface area contributed by atoms with Gasteiger partial charge in [-0.1, -0.05) is 0 Å². The van der Waals surface area contributed by atoms with Gasteiger partial charge in [0.25, 0.3) is 5.91 Å². The monoisotopic (exact) mass is 245 g/mol. The second-order valence-electron chi connectivity index (χ2n) is 4.10. The van der Waals surface area contributed by atoms with Crippen LogP contribution in [-0.4, -0.2) is 32.8 Å². The molecule has 1 amide bonds. The van der Waals surface area contributed by atoms with Gasteiger partial charge >= 0.3 is 0 Å². The summed E-state index contributed by atoms with van der Waals surface area (Å²) in [4.78, 5) is 24.9. The summed E-state index contributed by atoms with van der Waals surface area (Å²) in [5.74, 6) is 0.615. The Labute approximate surface area is 105 Å². The summed E-state index contributed by atoms with van der Waals surface area (Å²) in [7, 11) is 1.72. The van der Waals surface area contributed by atoms with E-state index in [-0.39, 0.29) is 5.91 Å². The summed E-state index contributed by atoms with van der Waals surface area (Å²) in [5, 5.41) is 0. The largest absolute Gasteiger partial charge is 0.397 e. The van der Waals surface area contributed by atoms with E-state index in [1.165, 1.54) is 0 Å².